The van der Waals surface area contributed by atoms with Crippen LogP contribution in [-0.4, -0.2) is 6.18 Å². The summed E-state index contributed by atoms with van der Waals surface area (Å²) in [4.78, 5) is 0. The molecule has 0 amide bonds. The van der Waals surface area contributed by atoms with E-state index in [2.05, 4.69) is 0 Å². The second kappa shape index (κ2) is 7.47. The van der Waals surface area contributed by atoms with Crippen molar-refractivity contribution < 1.29 is 31.1 Å². The van der Waals surface area contributed by atoms with Gasteiger partial charge in [0.25, 0.3) is 5.67 Å². The Labute approximate surface area is 167 Å². The highest BCUT2D eigenvalue weighted by molar-refractivity contribution is 5.52. The van der Waals surface area contributed by atoms with Crippen LogP contribution in [0.1, 0.15) is 11.1 Å². The van der Waals surface area contributed by atoms with Crippen LogP contribution in [0.15, 0.2) is 72.8 Å². The van der Waals surface area contributed by atoms with E-state index < -0.39 is 34.6 Å². The lowest BCUT2D eigenvalue weighted by atomic mass is 9.83. The molecule has 0 bridgehead atoms. The summed E-state index contributed by atoms with van der Waals surface area (Å²) in [7, 11) is 0. The first kappa shape index (κ1) is 21.4. The van der Waals surface area contributed by atoms with Gasteiger partial charge >= 0.3 is 12.1 Å². The molecule has 1 atom stereocenters. The van der Waals surface area contributed by atoms with Gasteiger partial charge in [-0.15, -0.1) is 0 Å². The van der Waals surface area contributed by atoms with E-state index in [-0.39, 0.29) is 5.75 Å². The third-order valence-corrected chi connectivity index (χ3v) is 4.49. The van der Waals surface area contributed by atoms with Crippen LogP contribution in [0.5, 0.6) is 11.5 Å². The minimum atomic E-state index is -5.94. The Kier molecular flexibility index (Phi) is 5.32. The predicted molar refractivity (Wildman–Crippen MR) is 101 cm³/mol. The molecule has 0 aliphatic rings. The number of anilines is 2. The summed E-state index contributed by atoms with van der Waals surface area (Å²) in [5.41, 5.74) is 3.10. The van der Waals surface area contributed by atoms with Gasteiger partial charge < -0.3 is 16.2 Å². The largest absolute Gasteiger partial charge is 0.457 e. The number of halogens is 6. The van der Waals surface area contributed by atoms with Crippen LogP contribution in [0, 0.1) is 0 Å². The molecule has 3 nitrogen and oxygen atoms in total. The van der Waals surface area contributed by atoms with Crippen molar-refractivity contribution in [2.45, 2.75) is 17.8 Å². The molecule has 0 fully saturated rings. The van der Waals surface area contributed by atoms with E-state index in [1.54, 1.807) is 12.1 Å². The van der Waals surface area contributed by atoms with Gasteiger partial charge in [0, 0.05) is 22.5 Å². The van der Waals surface area contributed by atoms with Crippen molar-refractivity contribution in [3.05, 3.63) is 83.9 Å². The van der Waals surface area contributed by atoms with E-state index >= 15 is 4.39 Å². The van der Waals surface area contributed by atoms with Crippen LogP contribution < -0.4 is 16.2 Å². The minimum absolute atomic E-state index is 0.0648. The summed E-state index contributed by atoms with van der Waals surface area (Å²) in [6.07, 6.45) is -5.94. The third-order valence-electron chi connectivity index (χ3n) is 4.49. The molecule has 4 N–H and O–H groups in total. The zero-order valence-corrected chi connectivity index (χ0v) is 15.3. The highest BCUT2D eigenvalue weighted by atomic mass is 19.4. The van der Waals surface area contributed by atoms with Crippen molar-refractivity contribution >= 4 is 11.4 Å². The standard InChI is InChI=1S/C21H16F6N2O/c22-19(21(25,26)27,17-3-1-2-4-18(17)29)20(23,24)13-5-9-15(10-6-13)30-16-11-7-14(28)8-12-16/h1-12H,28-29H2. The number of alkyl halides is 6. The molecule has 30 heavy (non-hydrogen) atoms. The number of ether oxygens (including phenoxy) is 1. The molecule has 0 heterocycles. The summed E-state index contributed by atoms with van der Waals surface area (Å²) in [5.74, 6) is -4.58. The van der Waals surface area contributed by atoms with Gasteiger partial charge in [0.1, 0.15) is 11.5 Å². The average Bonchev–Trinajstić information content (AvgIpc) is 2.69. The molecule has 0 aliphatic carbocycles. The lowest BCUT2D eigenvalue weighted by Gasteiger charge is -2.36. The number of hydrogen-bond acceptors (Lipinski definition) is 3. The van der Waals surface area contributed by atoms with E-state index in [0.29, 0.717) is 29.6 Å². The zero-order valence-electron chi connectivity index (χ0n) is 15.3. The lowest BCUT2D eigenvalue weighted by Crippen LogP contribution is -2.51. The normalized spacial score (nSPS) is 14.2. The SMILES string of the molecule is Nc1ccc(Oc2ccc(C(F)(F)C(F)(c3ccccc3N)C(F)(F)F)cc2)cc1. The van der Waals surface area contributed by atoms with Crippen LogP contribution in [0.3, 0.4) is 0 Å². The van der Waals surface area contributed by atoms with Gasteiger partial charge in [-0.3, -0.25) is 0 Å². The summed E-state index contributed by atoms with van der Waals surface area (Å²) >= 11 is 0. The van der Waals surface area contributed by atoms with E-state index in [9.17, 15) is 22.0 Å². The topological polar surface area (TPSA) is 61.3 Å². The van der Waals surface area contributed by atoms with Crippen LogP contribution in [0.2, 0.25) is 0 Å². The van der Waals surface area contributed by atoms with Crippen molar-refractivity contribution in [1.29, 1.82) is 0 Å². The Hall–Kier alpha value is -3.36. The van der Waals surface area contributed by atoms with Gasteiger partial charge in [0.15, 0.2) is 0 Å². The van der Waals surface area contributed by atoms with E-state index in [0.717, 1.165) is 24.3 Å². The van der Waals surface area contributed by atoms with E-state index in [1.165, 1.54) is 18.2 Å². The molecular weight excluding hydrogens is 410 g/mol. The maximum absolute atomic E-state index is 15.2. The molecule has 0 spiro atoms. The van der Waals surface area contributed by atoms with Crippen LogP contribution >= 0.6 is 0 Å². The molecule has 3 rings (SSSR count). The Balaban J connectivity index is 1.99. The second-order valence-electron chi connectivity index (χ2n) is 6.51. The molecule has 0 aromatic heterocycles. The average molecular weight is 426 g/mol. The highest BCUT2D eigenvalue weighted by Gasteiger charge is 2.73. The molecule has 158 valence electrons. The second-order valence-corrected chi connectivity index (χ2v) is 6.51. The number of rotatable bonds is 5. The monoisotopic (exact) mass is 426 g/mol. The van der Waals surface area contributed by atoms with Crippen molar-refractivity contribution in [1.82, 2.24) is 0 Å². The summed E-state index contributed by atoms with van der Waals surface area (Å²) in [6.45, 7) is 0. The van der Waals surface area contributed by atoms with Gasteiger partial charge in [-0.1, -0.05) is 18.2 Å². The fourth-order valence-corrected chi connectivity index (χ4v) is 2.91. The molecule has 0 radical (unpaired) electrons. The first-order chi connectivity index (χ1) is 14.0. The minimum Gasteiger partial charge on any atom is -0.457 e. The molecular formula is C21H16F6N2O. The number of nitrogen functional groups attached to an aromatic ring is 2. The summed E-state index contributed by atoms with van der Waals surface area (Å²) in [5, 5.41) is 0. The maximum Gasteiger partial charge on any atom is 0.433 e. The van der Waals surface area contributed by atoms with E-state index in [1.807, 2.05) is 0 Å². The third kappa shape index (κ3) is 3.62. The molecule has 3 aromatic carbocycles. The summed E-state index contributed by atoms with van der Waals surface area (Å²) in [6, 6.07) is 13.3. The number of hydrogen-bond donors (Lipinski definition) is 2. The van der Waals surface area contributed by atoms with E-state index in [4.69, 9.17) is 16.2 Å². The Morgan fingerprint density at radius 2 is 1.13 bits per heavy atom. The van der Waals surface area contributed by atoms with Gasteiger partial charge in [0.2, 0.25) is 0 Å². The van der Waals surface area contributed by atoms with Crippen LogP contribution in [0.4, 0.5) is 37.7 Å². The highest BCUT2D eigenvalue weighted by Crippen LogP contribution is 2.58. The van der Waals surface area contributed by atoms with Crippen molar-refractivity contribution in [2.24, 2.45) is 0 Å². The van der Waals surface area contributed by atoms with Gasteiger partial charge in [0.05, 0.1) is 0 Å². The fraction of sp³-hybridized carbons (Fsp3) is 0.143. The number of para-hydroxylation sites is 1. The van der Waals surface area contributed by atoms with Crippen molar-refractivity contribution in [3.8, 4) is 11.5 Å². The van der Waals surface area contributed by atoms with Crippen LogP contribution in [0.25, 0.3) is 0 Å². The number of benzene rings is 3. The first-order valence-corrected chi connectivity index (χ1v) is 8.59. The molecule has 0 aliphatic heterocycles. The zero-order chi connectivity index (χ0) is 22.2. The number of nitrogens with two attached hydrogens (primary N) is 2. The summed E-state index contributed by atoms with van der Waals surface area (Å²) < 4.78 is 91.4. The molecule has 0 saturated heterocycles. The molecule has 1 unspecified atom stereocenters. The Morgan fingerprint density at radius 1 is 0.633 bits per heavy atom. The fourth-order valence-electron chi connectivity index (χ4n) is 2.91. The molecule has 3 aromatic rings. The van der Waals surface area contributed by atoms with Gasteiger partial charge in [-0.25, -0.2) is 4.39 Å². The lowest BCUT2D eigenvalue weighted by molar-refractivity contribution is -0.314. The maximum atomic E-state index is 15.2. The smallest absolute Gasteiger partial charge is 0.433 e. The first-order valence-electron chi connectivity index (χ1n) is 8.59. The Bertz CT molecular complexity index is 1020. The molecule has 0 saturated carbocycles. The quantitative estimate of drug-likeness (QED) is 0.379. The Morgan fingerprint density at radius 3 is 1.63 bits per heavy atom. The van der Waals surface area contributed by atoms with Crippen molar-refractivity contribution in [3.63, 3.8) is 0 Å². The predicted octanol–water partition coefficient (Wildman–Crippen LogP) is 6.16. The van der Waals surface area contributed by atoms with Crippen LogP contribution in [-0.2, 0) is 11.6 Å². The van der Waals surface area contributed by atoms with Gasteiger partial charge in [-0.2, -0.15) is 22.0 Å². The van der Waals surface area contributed by atoms with Gasteiger partial charge in [-0.05, 0) is 54.6 Å². The molecule has 9 heteroatoms. The van der Waals surface area contributed by atoms with Crippen molar-refractivity contribution in [2.75, 3.05) is 11.5 Å².